The summed E-state index contributed by atoms with van der Waals surface area (Å²) >= 11 is 3.33. The third-order valence-electron chi connectivity index (χ3n) is 2.69. The van der Waals surface area contributed by atoms with Crippen LogP contribution in [-0.2, 0) is 10.8 Å². The fraction of sp³-hybridized carbons (Fsp3) is 0.133. The van der Waals surface area contributed by atoms with E-state index in [0.717, 1.165) is 9.37 Å². The number of carbonyl (C=O) groups excluding carboxylic acids is 1. The highest BCUT2D eigenvalue weighted by atomic mass is 79.9. The molecule has 2 aromatic rings. The molecule has 1 atom stereocenters. The van der Waals surface area contributed by atoms with Gasteiger partial charge in [-0.1, -0.05) is 46.3 Å². The molecule has 0 N–H and O–H groups in total. The average molecular weight is 337 g/mol. The fourth-order valence-electron chi connectivity index (χ4n) is 1.66. The maximum Gasteiger partial charge on any atom is 0.163 e. The standard InChI is InChI=1S/C15H13BrO2S/c16-13-6-8-14(9-7-13)19(18)11-10-15(17)12-4-2-1-3-5-12/h1-9H,10-11H2. The number of ketones is 1. The van der Waals surface area contributed by atoms with Gasteiger partial charge in [-0.2, -0.15) is 0 Å². The number of carbonyl (C=O) groups is 1. The fourth-order valence-corrected chi connectivity index (χ4v) is 2.97. The Kier molecular flexibility index (Phi) is 5.05. The molecule has 4 heteroatoms. The molecule has 2 aromatic carbocycles. The van der Waals surface area contributed by atoms with Crippen molar-refractivity contribution in [3.8, 4) is 0 Å². The van der Waals surface area contributed by atoms with E-state index in [-0.39, 0.29) is 5.78 Å². The van der Waals surface area contributed by atoms with Crippen LogP contribution in [0.4, 0.5) is 0 Å². The quantitative estimate of drug-likeness (QED) is 0.777. The first kappa shape index (κ1) is 14.2. The smallest absolute Gasteiger partial charge is 0.163 e. The third-order valence-corrected chi connectivity index (χ3v) is 4.59. The van der Waals surface area contributed by atoms with Crippen molar-refractivity contribution in [2.75, 3.05) is 5.75 Å². The summed E-state index contributed by atoms with van der Waals surface area (Å²) < 4.78 is 13.0. The molecule has 0 aromatic heterocycles. The maximum absolute atomic E-state index is 12.0. The average Bonchev–Trinajstić information content (AvgIpc) is 2.46. The molecule has 0 saturated heterocycles. The Bertz CT molecular complexity index is 579. The molecule has 0 radical (unpaired) electrons. The van der Waals surface area contributed by atoms with Gasteiger partial charge in [-0.05, 0) is 24.3 Å². The maximum atomic E-state index is 12.0. The Morgan fingerprint density at radius 1 is 1.00 bits per heavy atom. The Labute approximate surface area is 123 Å². The monoisotopic (exact) mass is 336 g/mol. The Morgan fingerprint density at radius 3 is 2.26 bits per heavy atom. The normalized spacial score (nSPS) is 12.1. The van der Waals surface area contributed by atoms with Crippen molar-refractivity contribution < 1.29 is 9.00 Å². The molecule has 2 nitrogen and oxygen atoms in total. The lowest BCUT2D eigenvalue weighted by atomic mass is 10.1. The summed E-state index contributed by atoms with van der Waals surface area (Å²) in [6, 6.07) is 16.4. The van der Waals surface area contributed by atoms with Gasteiger partial charge in [0.1, 0.15) is 0 Å². The van der Waals surface area contributed by atoms with Crippen molar-refractivity contribution >= 4 is 32.5 Å². The minimum atomic E-state index is -1.13. The van der Waals surface area contributed by atoms with Gasteiger partial charge in [0.05, 0.1) is 10.8 Å². The van der Waals surface area contributed by atoms with Crippen LogP contribution in [-0.4, -0.2) is 15.7 Å². The van der Waals surface area contributed by atoms with E-state index in [9.17, 15) is 9.00 Å². The zero-order chi connectivity index (χ0) is 13.7. The first-order chi connectivity index (χ1) is 9.16. The van der Waals surface area contributed by atoms with Crippen LogP contribution in [0.2, 0.25) is 0 Å². The summed E-state index contributed by atoms with van der Waals surface area (Å²) in [6.07, 6.45) is 0.298. The highest BCUT2D eigenvalue weighted by Gasteiger charge is 2.09. The minimum absolute atomic E-state index is 0.0334. The van der Waals surface area contributed by atoms with Crippen molar-refractivity contribution in [1.29, 1.82) is 0 Å². The molecule has 0 aliphatic rings. The molecule has 0 heterocycles. The second-order valence-electron chi connectivity index (χ2n) is 4.04. The number of rotatable bonds is 5. The third kappa shape index (κ3) is 4.11. The first-order valence-corrected chi connectivity index (χ1v) is 8.00. The van der Waals surface area contributed by atoms with Crippen molar-refractivity contribution in [3.63, 3.8) is 0 Å². The van der Waals surface area contributed by atoms with Gasteiger partial charge in [0, 0.05) is 27.1 Å². The molecule has 19 heavy (non-hydrogen) atoms. The number of hydrogen-bond donors (Lipinski definition) is 0. The molecule has 0 fully saturated rings. The van der Waals surface area contributed by atoms with Crippen LogP contribution in [0.25, 0.3) is 0 Å². The topological polar surface area (TPSA) is 34.1 Å². The van der Waals surface area contributed by atoms with Gasteiger partial charge in [0.2, 0.25) is 0 Å². The first-order valence-electron chi connectivity index (χ1n) is 5.89. The zero-order valence-electron chi connectivity index (χ0n) is 10.2. The summed E-state index contributed by atoms with van der Waals surface area (Å²) in [4.78, 5) is 12.6. The van der Waals surface area contributed by atoms with Gasteiger partial charge in [0.25, 0.3) is 0 Å². The van der Waals surface area contributed by atoms with E-state index in [1.165, 1.54) is 0 Å². The molecule has 0 bridgehead atoms. The lowest BCUT2D eigenvalue weighted by molar-refractivity contribution is 0.0989. The van der Waals surface area contributed by atoms with Gasteiger partial charge in [-0.3, -0.25) is 9.00 Å². The molecular formula is C15H13BrO2S. The predicted octanol–water partition coefficient (Wildman–Crippen LogP) is 3.83. The van der Waals surface area contributed by atoms with Gasteiger partial charge < -0.3 is 0 Å². The summed E-state index contributed by atoms with van der Waals surface area (Å²) in [5.74, 6) is 0.390. The van der Waals surface area contributed by atoms with E-state index in [2.05, 4.69) is 15.9 Å². The van der Waals surface area contributed by atoms with Crippen LogP contribution in [0.5, 0.6) is 0 Å². The SMILES string of the molecule is O=C(CCS(=O)c1ccc(Br)cc1)c1ccccc1. The molecule has 0 saturated carbocycles. The van der Waals surface area contributed by atoms with Crippen LogP contribution in [0.15, 0.2) is 64.0 Å². The predicted molar refractivity (Wildman–Crippen MR) is 80.8 cm³/mol. The second kappa shape index (κ2) is 6.78. The van der Waals surface area contributed by atoms with E-state index in [1.54, 1.807) is 12.1 Å². The van der Waals surface area contributed by atoms with Gasteiger partial charge in [-0.15, -0.1) is 0 Å². The van der Waals surface area contributed by atoms with E-state index >= 15 is 0 Å². The number of halogens is 1. The molecule has 1 unspecified atom stereocenters. The molecule has 2 rings (SSSR count). The van der Waals surface area contributed by atoms with E-state index in [1.807, 2.05) is 42.5 Å². The van der Waals surface area contributed by atoms with Gasteiger partial charge in [-0.25, -0.2) is 0 Å². The molecular weight excluding hydrogens is 324 g/mol. The molecule has 0 amide bonds. The highest BCUT2D eigenvalue weighted by molar-refractivity contribution is 9.10. The number of Topliss-reactive ketones (excluding diaryl/α,β-unsaturated/α-hetero) is 1. The highest BCUT2D eigenvalue weighted by Crippen LogP contribution is 2.14. The molecule has 0 aliphatic heterocycles. The van der Waals surface area contributed by atoms with Gasteiger partial charge in [0.15, 0.2) is 5.78 Å². The van der Waals surface area contributed by atoms with Crippen LogP contribution >= 0.6 is 15.9 Å². The van der Waals surface area contributed by atoms with E-state index in [0.29, 0.717) is 17.7 Å². The molecule has 0 spiro atoms. The van der Waals surface area contributed by atoms with Crippen LogP contribution < -0.4 is 0 Å². The Balaban J connectivity index is 1.94. The van der Waals surface area contributed by atoms with Crippen LogP contribution in [0.1, 0.15) is 16.8 Å². The van der Waals surface area contributed by atoms with Crippen LogP contribution in [0.3, 0.4) is 0 Å². The second-order valence-corrected chi connectivity index (χ2v) is 6.53. The van der Waals surface area contributed by atoms with E-state index < -0.39 is 10.8 Å². The largest absolute Gasteiger partial charge is 0.294 e. The number of benzene rings is 2. The zero-order valence-corrected chi connectivity index (χ0v) is 12.6. The lowest BCUT2D eigenvalue weighted by Gasteiger charge is -2.03. The Morgan fingerprint density at radius 2 is 1.63 bits per heavy atom. The van der Waals surface area contributed by atoms with E-state index in [4.69, 9.17) is 0 Å². The molecule has 0 aliphatic carbocycles. The number of hydrogen-bond acceptors (Lipinski definition) is 2. The van der Waals surface area contributed by atoms with Crippen molar-refractivity contribution in [3.05, 3.63) is 64.6 Å². The summed E-state index contributed by atoms with van der Waals surface area (Å²) in [6.45, 7) is 0. The Hall–Kier alpha value is -1.26. The lowest BCUT2D eigenvalue weighted by Crippen LogP contribution is -2.06. The summed E-state index contributed by atoms with van der Waals surface area (Å²) in [7, 11) is -1.13. The van der Waals surface area contributed by atoms with Gasteiger partial charge >= 0.3 is 0 Å². The summed E-state index contributed by atoms with van der Waals surface area (Å²) in [5, 5.41) is 0. The van der Waals surface area contributed by atoms with Crippen molar-refractivity contribution in [2.45, 2.75) is 11.3 Å². The van der Waals surface area contributed by atoms with Crippen molar-refractivity contribution in [2.24, 2.45) is 0 Å². The van der Waals surface area contributed by atoms with Crippen LogP contribution in [0, 0.1) is 0 Å². The summed E-state index contributed by atoms with van der Waals surface area (Å²) in [5.41, 5.74) is 0.676. The molecule has 98 valence electrons. The van der Waals surface area contributed by atoms with Crippen molar-refractivity contribution in [1.82, 2.24) is 0 Å². The minimum Gasteiger partial charge on any atom is -0.294 e.